The Morgan fingerprint density at radius 2 is 1.24 bits per heavy atom. The van der Waals surface area contributed by atoms with Crippen LogP contribution in [0, 0.1) is 17.0 Å². The van der Waals surface area contributed by atoms with Gasteiger partial charge in [-0.05, 0) is 71.3 Å². The summed E-state index contributed by atoms with van der Waals surface area (Å²) >= 11 is 0. The summed E-state index contributed by atoms with van der Waals surface area (Å²) in [6.45, 7) is 4.80. The zero-order valence-corrected chi connectivity index (χ0v) is 30.5. The van der Waals surface area contributed by atoms with Crippen LogP contribution >= 0.6 is 0 Å². The van der Waals surface area contributed by atoms with E-state index >= 15 is 4.39 Å². The van der Waals surface area contributed by atoms with E-state index in [4.69, 9.17) is 14.9 Å². The maximum Gasteiger partial charge on any atom is 0.422 e. The number of nitrogens with one attached hydrogen (secondary N) is 1. The normalized spacial score (nSPS) is 11.4. The molecule has 0 radical (unpaired) electrons. The van der Waals surface area contributed by atoms with Crippen LogP contribution in [0.4, 0.5) is 35.1 Å². The summed E-state index contributed by atoms with van der Waals surface area (Å²) in [5.74, 6) is -5.41. The predicted octanol–water partition coefficient (Wildman–Crippen LogP) is 9.86. The Bertz CT molecular complexity index is 2150. The first-order chi connectivity index (χ1) is 27.4. The van der Waals surface area contributed by atoms with E-state index in [9.17, 15) is 45.1 Å². The van der Waals surface area contributed by atoms with Gasteiger partial charge in [0.05, 0.1) is 26.2 Å². The van der Waals surface area contributed by atoms with Crippen molar-refractivity contribution < 1.29 is 68.5 Å². The Morgan fingerprint density at radius 3 is 1.81 bits per heavy atom. The average molecular weight is 818 g/mol. The molecule has 4 rings (SSSR count). The first-order valence-electron chi connectivity index (χ1n) is 17.4. The molecule has 16 heteroatoms. The fraction of sp³-hybridized carbons (Fsp3) is 0.238. The van der Waals surface area contributed by atoms with Crippen LogP contribution in [0.2, 0.25) is 0 Å². The number of esters is 3. The molecule has 1 N–H and O–H groups in total. The van der Waals surface area contributed by atoms with Crippen molar-refractivity contribution in [1.82, 2.24) is 0 Å². The van der Waals surface area contributed by atoms with Crippen molar-refractivity contribution in [1.29, 1.82) is 5.41 Å². The van der Waals surface area contributed by atoms with Gasteiger partial charge in [0.2, 0.25) is 0 Å². The Hall–Kier alpha value is -6.32. The molecule has 0 spiro atoms. The van der Waals surface area contributed by atoms with Crippen molar-refractivity contribution in [3.8, 4) is 33.8 Å². The summed E-state index contributed by atoms with van der Waals surface area (Å²) in [4.78, 5) is 35.4. The van der Waals surface area contributed by atoms with Crippen molar-refractivity contribution >= 4 is 24.1 Å². The summed E-state index contributed by atoms with van der Waals surface area (Å²) in [5, 5.41) is 7.79. The Kier molecular flexibility index (Phi) is 15.1. The highest BCUT2D eigenvalue weighted by Crippen LogP contribution is 2.31. The van der Waals surface area contributed by atoms with E-state index < -0.39 is 53.0 Å². The standard InChI is InChI=1S/C42H35F8NO7/c1-25(41(45,46)47)39(53)56-20-3-5-27-6-8-28(9-7-27)31-13-18-36(35(43)23-31)58-37(52)19-14-30-12-17-33(38(44)34(30)24-51)29-10-15-32(16-11-29)55-21-4-22-57-40(54)26(2)42(48,49)50/h6-13,15-18,23-24,51H,1-5,14,19-22H2. The molecule has 0 fully saturated rings. The van der Waals surface area contributed by atoms with Crippen LogP contribution in [-0.4, -0.2) is 56.3 Å². The fourth-order valence-electron chi connectivity index (χ4n) is 5.26. The molecule has 58 heavy (non-hydrogen) atoms. The smallest absolute Gasteiger partial charge is 0.422 e. The zero-order valence-electron chi connectivity index (χ0n) is 30.5. The summed E-state index contributed by atoms with van der Waals surface area (Å²) in [6.07, 6.45) is -8.47. The van der Waals surface area contributed by atoms with Gasteiger partial charge >= 0.3 is 30.3 Å². The summed E-state index contributed by atoms with van der Waals surface area (Å²) in [7, 11) is 0. The lowest BCUT2D eigenvalue weighted by Gasteiger charge is -2.13. The number of halogens is 8. The highest BCUT2D eigenvalue weighted by Gasteiger charge is 2.38. The molecule has 4 aromatic carbocycles. The Labute approximate surface area is 327 Å². The summed E-state index contributed by atoms with van der Waals surface area (Å²) in [5.41, 5.74) is -0.446. The first-order valence-corrected chi connectivity index (χ1v) is 17.4. The van der Waals surface area contributed by atoms with Crippen molar-refractivity contribution in [3.63, 3.8) is 0 Å². The van der Waals surface area contributed by atoms with E-state index in [1.54, 1.807) is 42.5 Å². The number of carbonyl (C=O) groups excluding carboxylic acids is 3. The number of hydrogen-bond acceptors (Lipinski definition) is 8. The number of ether oxygens (including phenoxy) is 4. The second-order valence-electron chi connectivity index (χ2n) is 12.5. The third-order valence-corrected chi connectivity index (χ3v) is 8.43. The third-order valence-electron chi connectivity index (χ3n) is 8.43. The van der Waals surface area contributed by atoms with Crippen molar-refractivity contribution in [2.45, 2.75) is 44.5 Å². The number of rotatable bonds is 18. The molecule has 0 bridgehead atoms. The second kappa shape index (κ2) is 19.7. The molecule has 0 aromatic heterocycles. The van der Waals surface area contributed by atoms with Gasteiger partial charge in [-0.25, -0.2) is 18.4 Å². The molecule has 0 aliphatic rings. The van der Waals surface area contributed by atoms with Crippen LogP contribution in [-0.2, 0) is 36.7 Å². The van der Waals surface area contributed by atoms with Gasteiger partial charge in [0, 0.05) is 23.8 Å². The minimum absolute atomic E-state index is 0.00899. The van der Waals surface area contributed by atoms with Crippen molar-refractivity contribution in [2.75, 3.05) is 19.8 Å². The molecular weight excluding hydrogens is 782 g/mol. The molecule has 0 amide bonds. The molecule has 0 atom stereocenters. The topological polar surface area (TPSA) is 112 Å². The van der Waals surface area contributed by atoms with E-state index in [-0.39, 0.29) is 62.4 Å². The van der Waals surface area contributed by atoms with Crippen LogP contribution in [0.15, 0.2) is 103 Å². The van der Waals surface area contributed by atoms with Gasteiger partial charge in [-0.1, -0.05) is 67.8 Å². The van der Waals surface area contributed by atoms with Crippen LogP contribution < -0.4 is 9.47 Å². The van der Waals surface area contributed by atoms with Crippen LogP contribution in [0.3, 0.4) is 0 Å². The van der Waals surface area contributed by atoms with Gasteiger partial charge in [0.15, 0.2) is 11.6 Å². The SMILES string of the molecule is C=C(C(=O)OCCCOc1ccc(-c2ccc(CCC(=O)Oc3ccc(-c4ccc(CCCOC(=O)C(=C)C(F)(F)F)cc4)cc3F)c(C=N)c2F)cc1)C(F)(F)F. The molecule has 4 aromatic rings. The van der Waals surface area contributed by atoms with Gasteiger partial charge in [-0.2, -0.15) is 26.3 Å². The highest BCUT2D eigenvalue weighted by atomic mass is 19.4. The molecule has 306 valence electrons. The maximum absolute atomic E-state index is 15.6. The fourth-order valence-corrected chi connectivity index (χ4v) is 5.26. The largest absolute Gasteiger partial charge is 0.493 e. The maximum atomic E-state index is 15.6. The number of aryl methyl sites for hydroxylation is 2. The number of alkyl halides is 6. The molecular formula is C42H35F8NO7. The predicted molar refractivity (Wildman–Crippen MR) is 196 cm³/mol. The van der Waals surface area contributed by atoms with E-state index in [2.05, 4.69) is 22.6 Å². The number of benzene rings is 4. The lowest BCUT2D eigenvalue weighted by atomic mass is 9.96. The minimum atomic E-state index is -4.88. The second-order valence-corrected chi connectivity index (χ2v) is 12.5. The molecule has 8 nitrogen and oxygen atoms in total. The Morgan fingerprint density at radius 1 is 0.672 bits per heavy atom. The van der Waals surface area contributed by atoms with Gasteiger partial charge in [-0.15, -0.1) is 0 Å². The van der Waals surface area contributed by atoms with Crippen molar-refractivity contribution in [2.24, 2.45) is 0 Å². The summed E-state index contributed by atoms with van der Waals surface area (Å²) < 4.78 is 125. The van der Waals surface area contributed by atoms with E-state index in [1.165, 1.54) is 36.4 Å². The molecule has 0 aliphatic heterocycles. The first kappa shape index (κ1) is 44.4. The zero-order chi connectivity index (χ0) is 42.6. The number of hydrogen-bond donors (Lipinski definition) is 1. The average Bonchev–Trinajstić information content (AvgIpc) is 3.18. The number of carbonyl (C=O) groups is 3. The molecule has 0 heterocycles. The quantitative estimate of drug-likeness (QED) is 0.0266. The highest BCUT2D eigenvalue weighted by molar-refractivity contribution is 5.89. The van der Waals surface area contributed by atoms with Crippen LogP contribution in [0.25, 0.3) is 22.3 Å². The lowest BCUT2D eigenvalue weighted by molar-refractivity contribution is -0.152. The van der Waals surface area contributed by atoms with E-state index in [1.807, 2.05) is 0 Å². The molecule has 0 aliphatic carbocycles. The van der Waals surface area contributed by atoms with Crippen LogP contribution in [0.5, 0.6) is 11.5 Å². The van der Waals surface area contributed by atoms with E-state index in [0.29, 0.717) is 34.4 Å². The lowest BCUT2D eigenvalue weighted by Crippen LogP contribution is -2.21. The van der Waals surface area contributed by atoms with Crippen LogP contribution in [0.1, 0.15) is 36.0 Å². The third kappa shape index (κ3) is 12.3. The van der Waals surface area contributed by atoms with Crippen molar-refractivity contribution in [3.05, 3.63) is 131 Å². The monoisotopic (exact) mass is 817 g/mol. The van der Waals surface area contributed by atoms with Gasteiger partial charge in [0.1, 0.15) is 22.7 Å². The van der Waals surface area contributed by atoms with E-state index in [0.717, 1.165) is 11.8 Å². The van der Waals surface area contributed by atoms with Gasteiger partial charge in [-0.3, -0.25) is 4.79 Å². The molecule has 0 saturated carbocycles. The van der Waals surface area contributed by atoms with Gasteiger partial charge in [0.25, 0.3) is 0 Å². The molecule has 0 unspecified atom stereocenters. The summed E-state index contributed by atoms with van der Waals surface area (Å²) in [6, 6.07) is 20.0. The molecule has 0 saturated heterocycles. The van der Waals surface area contributed by atoms with Gasteiger partial charge < -0.3 is 24.4 Å². The minimum Gasteiger partial charge on any atom is -0.493 e. The Balaban J connectivity index is 1.25.